The van der Waals surface area contributed by atoms with Crippen LogP contribution in [0.1, 0.15) is 42.5 Å². The normalized spacial score (nSPS) is 20.7. The van der Waals surface area contributed by atoms with Crippen molar-refractivity contribution in [2.24, 2.45) is 0 Å². The Kier molecular flexibility index (Phi) is 4.54. The van der Waals surface area contributed by atoms with Crippen molar-refractivity contribution in [3.8, 4) is 11.5 Å². The molecule has 2 aromatic rings. The Bertz CT molecular complexity index is 1180. The van der Waals surface area contributed by atoms with E-state index >= 15 is 0 Å². The number of anilines is 1. The lowest BCUT2D eigenvalue weighted by molar-refractivity contribution is -0.145. The van der Waals surface area contributed by atoms with Gasteiger partial charge in [-0.25, -0.2) is 4.79 Å². The minimum absolute atomic E-state index is 0.276. The van der Waals surface area contributed by atoms with Crippen LogP contribution in [0.3, 0.4) is 0 Å². The summed E-state index contributed by atoms with van der Waals surface area (Å²) in [5.41, 5.74) is 5.78. The lowest BCUT2D eigenvalue weighted by Crippen LogP contribution is -2.35. The summed E-state index contributed by atoms with van der Waals surface area (Å²) in [6.45, 7) is 10.2. The SMILES string of the molecule is CCN(CC)c1ccc2c(c1)Oc1cc(C)cc(C)c1C21OC(=O)C2=C1CC=CC=C2. The van der Waals surface area contributed by atoms with Crippen molar-refractivity contribution >= 4 is 11.7 Å². The largest absolute Gasteiger partial charge is 0.456 e. The van der Waals surface area contributed by atoms with Gasteiger partial charge in [0.05, 0.1) is 11.1 Å². The molecule has 4 nitrogen and oxygen atoms in total. The molecule has 0 fully saturated rings. The third-order valence-electron chi connectivity index (χ3n) is 6.54. The van der Waals surface area contributed by atoms with Crippen molar-refractivity contribution in [2.45, 2.75) is 39.7 Å². The maximum atomic E-state index is 13.1. The van der Waals surface area contributed by atoms with E-state index in [1.165, 1.54) is 0 Å². The molecule has 5 rings (SSSR count). The van der Waals surface area contributed by atoms with Crippen LogP contribution < -0.4 is 9.64 Å². The van der Waals surface area contributed by atoms with Gasteiger partial charge in [0.2, 0.25) is 0 Å². The zero-order chi connectivity index (χ0) is 21.8. The highest BCUT2D eigenvalue weighted by Crippen LogP contribution is 2.58. The molecule has 1 atom stereocenters. The summed E-state index contributed by atoms with van der Waals surface area (Å²) in [6.07, 6.45) is 8.52. The average Bonchev–Trinajstić information content (AvgIpc) is 2.89. The topological polar surface area (TPSA) is 38.8 Å². The molecular weight excluding hydrogens is 386 g/mol. The first-order valence-corrected chi connectivity index (χ1v) is 11.0. The van der Waals surface area contributed by atoms with E-state index in [9.17, 15) is 4.79 Å². The molecule has 2 heterocycles. The number of aryl methyl sites for hydroxylation is 2. The molecule has 4 heteroatoms. The summed E-state index contributed by atoms with van der Waals surface area (Å²) in [5.74, 6) is 1.24. The van der Waals surface area contributed by atoms with Crippen LogP contribution in [0.5, 0.6) is 11.5 Å². The van der Waals surface area contributed by atoms with E-state index < -0.39 is 5.60 Å². The number of fused-ring (bicyclic) bond motifs is 5. The minimum Gasteiger partial charge on any atom is -0.456 e. The van der Waals surface area contributed by atoms with Gasteiger partial charge in [0.15, 0.2) is 5.60 Å². The lowest BCUT2D eigenvalue weighted by atomic mass is 9.74. The van der Waals surface area contributed by atoms with Gasteiger partial charge in [-0.15, -0.1) is 0 Å². The summed E-state index contributed by atoms with van der Waals surface area (Å²) in [6, 6.07) is 10.5. The first kappa shape index (κ1) is 19.7. The second kappa shape index (κ2) is 7.16. The van der Waals surface area contributed by atoms with Crippen LogP contribution >= 0.6 is 0 Å². The molecule has 158 valence electrons. The molecule has 0 N–H and O–H groups in total. The van der Waals surface area contributed by atoms with Gasteiger partial charge in [0.25, 0.3) is 0 Å². The lowest BCUT2D eigenvalue weighted by Gasteiger charge is -2.39. The van der Waals surface area contributed by atoms with Crippen molar-refractivity contribution in [3.05, 3.63) is 88.0 Å². The third-order valence-corrected chi connectivity index (χ3v) is 6.54. The first-order valence-electron chi connectivity index (χ1n) is 11.0. The zero-order valence-corrected chi connectivity index (χ0v) is 18.5. The number of ether oxygens (including phenoxy) is 2. The number of allylic oxidation sites excluding steroid dienone is 3. The fraction of sp³-hybridized carbons (Fsp3) is 0.296. The van der Waals surface area contributed by atoms with Crippen LogP contribution in [0.4, 0.5) is 5.69 Å². The van der Waals surface area contributed by atoms with Crippen LogP contribution in [-0.4, -0.2) is 19.1 Å². The molecule has 0 aromatic heterocycles. The van der Waals surface area contributed by atoms with Gasteiger partial charge in [0.1, 0.15) is 11.5 Å². The Labute approximate surface area is 183 Å². The van der Waals surface area contributed by atoms with E-state index in [2.05, 4.69) is 62.9 Å². The number of rotatable bonds is 3. The van der Waals surface area contributed by atoms with Gasteiger partial charge in [0, 0.05) is 36.0 Å². The molecule has 3 aliphatic rings. The smallest absolute Gasteiger partial charge is 0.339 e. The highest BCUT2D eigenvalue weighted by Gasteiger charge is 2.54. The summed E-state index contributed by atoms with van der Waals surface area (Å²) in [7, 11) is 0. The van der Waals surface area contributed by atoms with E-state index in [0.717, 1.165) is 58.1 Å². The van der Waals surface area contributed by atoms with Crippen LogP contribution in [0.2, 0.25) is 0 Å². The molecule has 0 bridgehead atoms. The van der Waals surface area contributed by atoms with Crippen molar-refractivity contribution in [1.29, 1.82) is 0 Å². The summed E-state index contributed by atoms with van der Waals surface area (Å²) < 4.78 is 12.8. The maximum absolute atomic E-state index is 13.1. The summed E-state index contributed by atoms with van der Waals surface area (Å²) in [5, 5.41) is 0. The average molecular weight is 414 g/mol. The molecule has 1 spiro atoms. The Balaban J connectivity index is 1.82. The fourth-order valence-electron chi connectivity index (χ4n) is 5.21. The number of hydrogen-bond donors (Lipinski definition) is 0. The molecule has 2 aliphatic heterocycles. The van der Waals surface area contributed by atoms with Gasteiger partial charge in [-0.2, -0.15) is 0 Å². The second-order valence-electron chi connectivity index (χ2n) is 8.36. The van der Waals surface area contributed by atoms with Crippen molar-refractivity contribution in [3.63, 3.8) is 0 Å². The molecule has 2 aromatic carbocycles. The van der Waals surface area contributed by atoms with Crippen LogP contribution in [0.25, 0.3) is 0 Å². The van der Waals surface area contributed by atoms with Crippen molar-refractivity contribution < 1.29 is 14.3 Å². The zero-order valence-electron chi connectivity index (χ0n) is 18.5. The van der Waals surface area contributed by atoms with Gasteiger partial charge in [-0.05, 0) is 69.5 Å². The number of hydrogen-bond acceptors (Lipinski definition) is 4. The summed E-state index contributed by atoms with van der Waals surface area (Å²) >= 11 is 0. The van der Waals surface area contributed by atoms with Crippen molar-refractivity contribution in [2.75, 3.05) is 18.0 Å². The molecule has 1 unspecified atom stereocenters. The van der Waals surface area contributed by atoms with E-state index in [1.54, 1.807) is 0 Å². The summed E-state index contributed by atoms with van der Waals surface area (Å²) in [4.78, 5) is 15.4. The van der Waals surface area contributed by atoms with Crippen molar-refractivity contribution in [1.82, 2.24) is 0 Å². The Morgan fingerprint density at radius 1 is 1.03 bits per heavy atom. The molecule has 1 aliphatic carbocycles. The van der Waals surface area contributed by atoms with Crippen LogP contribution in [-0.2, 0) is 15.1 Å². The molecule has 0 saturated heterocycles. The standard InChI is InChI=1S/C27H27NO3/c1-5-28(6-2)19-12-13-22-23(16-19)30-24-15-17(3)14-18(4)25(24)27(22)21-11-9-7-8-10-20(21)26(29)31-27/h7-10,12-16H,5-6,11H2,1-4H3. The second-order valence-corrected chi connectivity index (χ2v) is 8.36. The number of carbonyl (C=O) groups is 1. The Morgan fingerprint density at radius 2 is 1.84 bits per heavy atom. The van der Waals surface area contributed by atoms with E-state index in [1.807, 2.05) is 24.3 Å². The predicted molar refractivity (Wildman–Crippen MR) is 123 cm³/mol. The van der Waals surface area contributed by atoms with E-state index in [0.29, 0.717) is 12.0 Å². The van der Waals surface area contributed by atoms with E-state index in [-0.39, 0.29) is 5.97 Å². The Hall–Kier alpha value is -3.27. The molecular formula is C27H27NO3. The third kappa shape index (κ3) is 2.78. The van der Waals surface area contributed by atoms with E-state index in [4.69, 9.17) is 9.47 Å². The molecule has 31 heavy (non-hydrogen) atoms. The monoisotopic (exact) mass is 413 g/mol. The number of benzene rings is 2. The molecule has 0 saturated carbocycles. The molecule has 0 radical (unpaired) electrons. The number of esters is 1. The van der Waals surface area contributed by atoms with Gasteiger partial charge in [-0.1, -0.05) is 24.3 Å². The molecule has 0 amide bonds. The van der Waals surface area contributed by atoms with Crippen LogP contribution in [0, 0.1) is 13.8 Å². The van der Waals surface area contributed by atoms with Gasteiger partial charge >= 0.3 is 5.97 Å². The fourth-order valence-corrected chi connectivity index (χ4v) is 5.21. The quantitative estimate of drug-likeness (QED) is 0.590. The number of carbonyl (C=O) groups excluding carboxylic acids is 1. The highest BCUT2D eigenvalue weighted by atomic mass is 16.6. The number of nitrogens with zero attached hydrogens (tertiary/aromatic N) is 1. The maximum Gasteiger partial charge on any atom is 0.339 e. The van der Waals surface area contributed by atoms with Crippen LogP contribution in [0.15, 0.2) is 65.8 Å². The minimum atomic E-state index is -0.964. The highest BCUT2D eigenvalue weighted by molar-refractivity contribution is 5.98. The van der Waals surface area contributed by atoms with Gasteiger partial charge in [-0.3, -0.25) is 0 Å². The first-order chi connectivity index (χ1) is 15.0. The van der Waals surface area contributed by atoms with Gasteiger partial charge < -0.3 is 14.4 Å². The Morgan fingerprint density at radius 3 is 2.61 bits per heavy atom. The predicted octanol–water partition coefficient (Wildman–Crippen LogP) is 5.87.